The molecule has 0 radical (unpaired) electrons. The van der Waals surface area contributed by atoms with E-state index >= 15 is 0 Å². The summed E-state index contributed by atoms with van der Waals surface area (Å²) < 4.78 is 24.6. The van der Waals surface area contributed by atoms with Gasteiger partial charge in [0.2, 0.25) is 21.8 Å². The van der Waals surface area contributed by atoms with Crippen molar-refractivity contribution in [2.24, 2.45) is 0 Å². The number of halogens is 1. The average Bonchev–Trinajstić information content (AvgIpc) is 2.75. The van der Waals surface area contributed by atoms with Gasteiger partial charge in [-0.05, 0) is 23.3 Å². The van der Waals surface area contributed by atoms with Gasteiger partial charge < -0.3 is 15.3 Å². The highest BCUT2D eigenvalue weighted by Gasteiger charge is 2.31. The van der Waals surface area contributed by atoms with E-state index in [1.165, 1.54) is 11.9 Å². The van der Waals surface area contributed by atoms with Crippen LogP contribution in [0.5, 0.6) is 0 Å². The molecule has 32 heavy (non-hydrogen) atoms. The summed E-state index contributed by atoms with van der Waals surface area (Å²) in [5.74, 6) is -0.958. The number of amides is 2. The number of hydrogen-bond acceptors (Lipinski definition) is 5. The second-order valence-corrected chi connectivity index (χ2v) is 9.91. The van der Waals surface area contributed by atoms with E-state index in [0.717, 1.165) is 21.7 Å². The van der Waals surface area contributed by atoms with Gasteiger partial charge in [0.1, 0.15) is 6.04 Å². The van der Waals surface area contributed by atoms with Crippen LogP contribution in [0.1, 0.15) is 11.1 Å². The molecule has 174 valence electrons. The van der Waals surface area contributed by atoms with Gasteiger partial charge in [-0.3, -0.25) is 9.59 Å². The van der Waals surface area contributed by atoms with Crippen LogP contribution in [0, 0.1) is 0 Å². The molecule has 0 saturated heterocycles. The number of hydrogen-bond donors (Lipinski definition) is 2. The smallest absolute Gasteiger partial charge is 0.243 e. The van der Waals surface area contributed by atoms with Crippen molar-refractivity contribution in [1.82, 2.24) is 14.5 Å². The third kappa shape index (κ3) is 7.90. The molecule has 0 spiro atoms. The number of aliphatic hydroxyl groups is 1. The van der Waals surface area contributed by atoms with Gasteiger partial charge in [0, 0.05) is 31.6 Å². The summed E-state index contributed by atoms with van der Waals surface area (Å²) in [7, 11) is -2.28. The molecule has 0 fully saturated rings. The Morgan fingerprint density at radius 3 is 2.25 bits per heavy atom. The van der Waals surface area contributed by atoms with Crippen LogP contribution in [0.15, 0.2) is 54.6 Å². The number of carbonyl (C=O) groups excluding carboxylic acids is 2. The Kier molecular flexibility index (Phi) is 9.64. The van der Waals surface area contributed by atoms with Crippen LogP contribution in [0.2, 0.25) is 5.02 Å². The molecule has 2 rings (SSSR count). The van der Waals surface area contributed by atoms with E-state index in [1.807, 2.05) is 30.3 Å². The first-order chi connectivity index (χ1) is 15.1. The van der Waals surface area contributed by atoms with Gasteiger partial charge in [0.25, 0.3) is 0 Å². The van der Waals surface area contributed by atoms with Gasteiger partial charge in [-0.25, -0.2) is 8.42 Å². The van der Waals surface area contributed by atoms with Crippen molar-refractivity contribution in [3.05, 3.63) is 70.7 Å². The van der Waals surface area contributed by atoms with E-state index < -0.39 is 34.4 Å². The maximum Gasteiger partial charge on any atom is 0.243 e. The summed E-state index contributed by atoms with van der Waals surface area (Å²) in [6.45, 7) is -0.537. The minimum atomic E-state index is -3.59. The molecule has 2 aromatic carbocycles. The van der Waals surface area contributed by atoms with Crippen molar-refractivity contribution in [2.45, 2.75) is 19.0 Å². The van der Waals surface area contributed by atoms with E-state index in [0.29, 0.717) is 5.02 Å². The van der Waals surface area contributed by atoms with Gasteiger partial charge in [0.15, 0.2) is 0 Å². The molecule has 0 aliphatic carbocycles. The number of carbonyl (C=O) groups is 2. The van der Waals surface area contributed by atoms with Crippen molar-refractivity contribution < 1.29 is 23.1 Å². The highest BCUT2D eigenvalue weighted by Crippen LogP contribution is 2.17. The first kappa shape index (κ1) is 25.8. The Hall–Kier alpha value is -2.46. The molecule has 2 amide bonds. The molecule has 0 aromatic heterocycles. The monoisotopic (exact) mass is 481 g/mol. The normalized spacial score (nSPS) is 12.4. The largest absolute Gasteiger partial charge is 0.395 e. The molecule has 1 atom stereocenters. The molecule has 10 heteroatoms. The molecule has 0 aliphatic rings. The third-order valence-electron chi connectivity index (χ3n) is 4.87. The SMILES string of the molecule is CN(CC(=O)N(Cc1ccc(Cl)cc1)C(Cc1ccccc1)C(=O)NCCO)S(C)(=O)=O. The van der Waals surface area contributed by atoms with Crippen molar-refractivity contribution in [1.29, 1.82) is 0 Å². The molecular formula is C22H28ClN3O5S. The summed E-state index contributed by atoms with van der Waals surface area (Å²) in [6, 6.07) is 15.1. The first-order valence-corrected chi connectivity index (χ1v) is 12.2. The molecule has 0 bridgehead atoms. The predicted octanol–water partition coefficient (Wildman–Crippen LogP) is 1.28. The van der Waals surface area contributed by atoms with Crippen molar-refractivity contribution >= 4 is 33.4 Å². The fourth-order valence-corrected chi connectivity index (χ4v) is 3.51. The standard InChI is InChI=1S/C22H28ClN3O5S/c1-25(32(2,30)31)16-21(28)26(15-18-8-10-19(23)11-9-18)20(22(29)24-12-13-27)14-17-6-4-3-5-7-17/h3-11,20,27H,12-16H2,1-2H3,(H,24,29). The molecule has 0 saturated carbocycles. The maximum atomic E-state index is 13.2. The quantitative estimate of drug-likeness (QED) is 0.502. The zero-order chi connectivity index (χ0) is 23.7. The van der Waals surface area contributed by atoms with E-state index in [4.69, 9.17) is 16.7 Å². The average molecular weight is 482 g/mol. The Morgan fingerprint density at radius 2 is 1.69 bits per heavy atom. The topological polar surface area (TPSA) is 107 Å². The van der Waals surface area contributed by atoms with Crippen molar-refractivity contribution in [2.75, 3.05) is 33.0 Å². The molecule has 0 aliphatic heterocycles. The minimum Gasteiger partial charge on any atom is -0.395 e. The van der Waals surface area contributed by atoms with Crippen LogP contribution in [0.4, 0.5) is 0 Å². The molecular weight excluding hydrogens is 454 g/mol. The molecule has 2 aromatic rings. The van der Waals surface area contributed by atoms with Gasteiger partial charge in [0.05, 0.1) is 19.4 Å². The maximum absolute atomic E-state index is 13.2. The second-order valence-electron chi connectivity index (χ2n) is 7.39. The number of benzene rings is 2. The van der Waals surface area contributed by atoms with E-state index in [9.17, 15) is 18.0 Å². The number of sulfonamides is 1. The Balaban J connectivity index is 2.41. The molecule has 1 unspecified atom stereocenters. The van der Waals surface area contributed by atoms with E-state index in [-0.39, 0.29) is 26.1 Å². The first-order valence-electron chi connectivity index (χ1n) is 9.99. The predicted molar refractivity (Wildman–Crippen MR) is 124 cm³/mol. The zero-order valence-corrected chi connectivity index (χ0v) is 19.6. The summed E-state index contributed by atoms with van der Waals surface area (Å²) in [6.07, 6.45) is 1.24. The zero-order valence-electron chi connectivity index (χ0n) is 18.1. The Labute approximate surface area is 193 Å². The molecule has 0 heterocycles. The summed E-state index contributed by atoms with van der Waals surface area (Å²) >= 11 is 5.97. The van der Waals surface area contributed by atoms with Crippen LogP contribution in [-0.2, 0) is 32.6 Å². The van der Waals surface area contributed by atoms with Crippen molar-refractivity contribution in [3.8, 4) is 0 Å². The Morgan fingerprint density at radius 1 is 1.06 bits per heavy atom. The van der Waals surface area contributed by atoms with Crippen LogP contribution >= 0.6 is 11.6 Å². The summed E-state index contributed by atoms with van der Waals surface area (Å²) in [5, 5.41) is 12.3. The van der Waals surface area contributed by atoms with Gasteiger partial charge in [-0.15, -0.1) is 0 Å². The fraction of sp³-hybridized carbons (Fsp3) is 0.364. The van der Waals surface area contributed by atoms with Crippen LogP contribution in [-0.4, -0.2) is 73.6 Å². The lowest BCUT2D eigenvalue weighted by Gasteiger charge is -2.32. The van der Waals surface area contributed by atoms with E-state index in [1.54, 1.807) is 24.3 Å². The van der Waals surface area contributed by atoms with Gasteiger partial charge in [-0.1, -0.05) is 54.1 Å². The number of rotatable bonds is 11. The number of nitrogens with one attached hydrogen (secondary N) is 1. The van der Waals surface area contributed by atoms with Crippen molar-refractivity contribution in [3.63, 3.8) is 0 Å². The number of aliphatic hydroxyl groups excluding tert-OH is 1. The fourth-order valence-electron chi connectivity index (χ4n) is 3.04. The summed E-state index contributed by atoms with van der Waals surface area (Å²) in [5.41, 5.74) is 1.57. The highest BCUT2D eigenvalue weighted by molar-refractivity contribution is 7.88. The van der Waals surface area contributed by atoms with Gasteiger partial charge >= 0.3 is 0 Å². The lowest BCUT2D eigenvalue weighted by Crippen LogP contribution is -2.53. The van der Waals surface area contributed by atoms with Crippen LogP contribution < -0.4 is 5.32 Å². The number of nitrogens with zero attached hydrogens (tertiary/aromatic N) is 2. The third-order valence-corrected chi connectivity index (χ3v) is 6.39. The lowest BCUT2D eigenvalue weighted by molar-refractivity contribution is -0.141. The summed E-state index contributed by atoms with van der Waals surface area (Å²) in [4.78, 5) is 27.6. The van der Waals surface area contributed by atoms with Crippen LogP contribution in [0.3, 0.4) is 0 Å². The van der Waals surface area contributed by atoms with E-state index in [2.05, 4.69) is 5.32 Å². The van der Waals surface area contributed by atoms with Crippen LogP contribution in [0.25, 0.3) is 0 Å². The second kappa shape index (κ2) is 12.0. The minimum absolute atomic E-state index is 0.0380. The Bertz CT molecular complexity index is 1000. The lowest BCUT2D eigenvalue weighted by atomic mass is 10.0. The molecule has 2 N–H and O–H groups in total. The van der Waals surface area contributed by atoms with Gasteiger partial charge in [-0.2, -0.15) is 4.31 Å². The number of likely N-dealkylation sites (N-methyl/N-ethyl adjacent to an activating group) is 1. The molecule has 8 nitrogen and oxygen atoms in total. The highest BCUT2D eigenvalue weighted by atomic mass is 35.5.